The van der Waals surface area contributed by atoms with Gasteiger partial charge in [0.25, 0.3) is 0 Å². The Morgan fingerprint density at radius 3 is 2.53 bits per heavy atom. The summed E-state index contributed by atoms with van der Waals surface area (Å²) in [7, 11) is 0. The quantitative estimate of drug-likeness (QED) is 0.506. The summed E-state index contributed by atoms with van der Waals surface area (Å²) in [5.74, 6) is -1.10. The zero-order valence-electron chi connectivity index (χ0n) is 18.2. The van der Waals surface area contributed by atoms with Crippen LogP contribution in [0.2, 0.25) is 5.02 Å². The van der Waals surface area contributed by atoms with E-state index >= 15 is 0 Å². The average Bonchev–Trinajstić information content (AvgIpc) is 3.24. The highest BCUT2D eigenvalue weighted by Crippen LogP contribution is 2.40. The van der Waals surface area contributed by atoms with E-state index in [0.717, 1.165) is 34.4 Å². The minimum atomic E-state index is -4.73. The number of anilines is 1. The number of alkyl halides is 3. The lowest BCUT2D eigenvalue weighted by Gasteiger charge is -2.16. The van der Waals surface area contributed by atoms with Crippen molar-refractivity contribution in [1.29, 1.82) is 0 Å². The van der Waals surface area contributed by atoms with Crippen LogP contribution in [0.5, 0.6) is 0 Å². The molecule has 1 aliphatic carbocycles. The Labute approximate surface area is 193 Å². The number of nitrogens with one attached hydrogen (secondary N) is 1. The van der Waals surface area contributed by atoms with Crippen molar-refractivity contribution >= 4 is 39.8 Å². The number of carbonyl (C=O) groups excluding carboxylic acids is 2. The van der Waals surface area contributed by atoms with Gasteiger partial charge in [-0.1, -0.05) is 18.5 Å². The molecule has 2 atom stereocenters. The standard InChI is InChI=1S/C21H25ClF3N3O3S/c1-5-10(2)31-20(30)15-13-8-6-7-9-14(13)32-19(15)26-18(29)12(4)28-11(3)16(22)17(27-28)21(23,24)25/h10,12H,5-9H2,1-4H3,(H,26,29). The summed E-state index contributed by atoms with van der Waals surface area (Å²) in [5.41, 5.74) is 0.0242. The van der Waals surface area contributed by atoms with Crippen molar-refractivity contribution in [2.24, 2.45) is 0 Å². The number of esters is 1. The fourth-order valence-electron chi connectivity index (χ4n) is 3.58. The topological polar surface area (TPSA) is 73.2 Å². The van der Waals surface area contributed by atoms with Gasteiger partial charge in [0.05, 0.1) is 22.4 Å². The molecular formula is C21H25ClF3N3O3S. The largest absolute Gasteiger partial charge is 0.459 e. The highest BCUT2D eigenvalue weighted by molar-refractivity contribution is 7.17. The predicted octanol–water partition coefficient (Wildman–Crippen LogP) is 5.96. The van der Waals surface area contributed by atoms with Gasteiger partial charge in [-0.3, -0.25) is 9.48 Å². The Hall–Kier alpha value is -2.07. The number of thiophene rings is 1. The van der Waals surface area contributed by atoms with Crippen LogP contribution >= 0.6 is 22.9 Å². The number of hydrogen-bond donors (Lipinski definition) is 1. The highest BCUT2D eigenvalue weighted by Gasteiger charge is 2.39. The van der Waals surface area contributed by atoms with Crippen LogP contribution in [0, 0.1) is 6.92 Å². The maximum Gasteiger partial charge on any atom is 0.436 e. The van der Waals surface area contributed by atoms with Crippen molar-refractivity contribution < 1.29 is 27.5 Å². The van der Waals surface area contributed by atoms with Crippen molar-refractivity contribution in [2.75, 3.05) is 5.32 Å². The minimum absolute atomic E-state index is 0.0310. The van der Waals surface area contributed by atoms with Crippen molar-refractivity contribution in [2.45, 2.75) is 78.1 Å². The van der Waals surface area contributed by atoms with Crippen molar-refractivity contribution in [3.8, 4) is 0 Å². The number of ether oxygens (including phenoxy) is 1. The number of aryl methyl sites for hydroxylation is 1. The van der Waals surface area contributed by atoms with Gasteiger partial charge in [0, 0.05) is 4.88 Å². The number of rotatable bonds is 6. The van der Waals surface area contributed by atoms with Gasteiger partial charge in [-0.2, -0.15) is 18.3 Å². The second-order valence-electron chi connectivity index (χ2n) is 7.89. The van der Waals surface area contributed by atoms with Crippen molar-refractivity contribution in [3.63, 3.8) is 0 Å². The Morgan fingerprint density at radius 1 is 1.28 bits per heavy atom. The van der Waals surface area contributed by atoms with Crippen LogP contribution in [-0.4, -0.2) is 27.8 Å². The Balaban J connectivity index is 1.91. The first kappa shape index (κ1) is 24.6. The Morgan fingerprint density at radius 2 is 1.94 bits per heavy atom. The first-order valence-corrected chi connectivity index (χ1v) is 11.6. The van der Waals surface area contributed by atoms with E-state index in [1.807, 2.05) is 6.92 Å². The molecule has 1 N–H and O–H groups in total. The first-order chi connectivity index (χ1) is 15.0. The third-order valence-corrected chi connectivity index (χ3v) is 7.25. The van der Waals surface area contributed by atoms with Gasteiger partial charge >= 0.3 is 12.1 Å². The second-order valence-corrected chi connectivity index (χ2v) is 9.38. The van der Waals surface area contributed by atoms with Gasteiger partial charge in [0.2, 0.25) is 5.91 Å². The molecule has 2 aromatic heterocycles. The average molecular weight is 492 g/mol. The van der Waals surface area contributed by atoms with Gasteiger partial charge in [0.1, 0.15) is 11.0 Å². The molecule has 0 aromatic carbocycles. The lowest BCUT2D eigenvalue weighted by Crippen LogP contribution is -2.26. The number of carbonyl (C=O) groups is 2. The fraction of sp³-hybridized carbons (Fsp3) is 0.571. The molecule has 3 rings (SSSR count). The number of amides is 1. The number of nitrogens with zero attached hydrogens (tertiary/aromatic N) is 2. The number of halogens is 4. The van der Waals surface area contributed by atoms with Gasteiger partial charge in [-0.15, -0.1) is 11.3 Å². The summed E-state index contributed by atoms with van der Waals surface area (Å²) >= 11 is 7.13. The van der Waals surface area contributed by atoms with Gasteiger partial charge in [-0.25, -0.2) is 4.79 Å². The Bertz CT molecular complexity index is 1030. The molecule has 2 unspecified atom stereocenters. The Kier molecular flexibility index (Phi) is 7.24. The van der Waals surface area contributed by atoms with Crippen molar-refractivity contribution in [1.82, 2.24) is 9.78 Å². The predicted molar refractivity (Wildman–Crippen MR) is 116 cm³/mol. The third-order valence-electron chi connectivity index (χ3n) is 5.59. The van der Waals surface area contributed by atoms with E-state index in [9.17, 15) is 22.8 Å². The van der Waals surface area contributed by atoms with Crippen molar-refractivity contribution in [3.05, 3.63) is 32.4 Å². The van der Waals surface area contributed by atoms with E-state index in [-0.39, 0.29) is 11.8 Å². The monoisotopic (exact) mass is 491 g/mol. The molecule has 0 fully saturated rings. The zero-order valence-corrected chi connectivity index (χ0v) is 19.8. The van der Waals surface area contributed by atoms with Crippen LogP contribution in [-0.2, 0) is 28.5 Å². The summed E-state index contributed by atoms with van der Waals surface area (Å²) in [6.45, 7) is 6.49. The SMILES string of the molecule is CCC(C)OC(=O)c1c(NC(=O)C(C)n2nc(C(F)(F)F)c(Cl)c2C)sc2c1CCCC2. The molecule has 6 nitrogen and oxygen atoms in total. The zero-order chi connectivity index (χ0) is 23.8. The maximum absolute atomic E-state index is 13.1. The maximum atomic E-state index is 13.1. The second kappa shape index (κ2) is 9.43. The number of fused-ring (bicyclic) bond motifs is 1. The molecule has 0 bridgehead atoms. The van der Waals surface area contributed by atoms with Crippen LogP contribution < -0.4 is 5.32 Å². The summed E-state index contributed by atoms with van der Waals surface area (Å²) in [5, 5.41) is 6.07. The summed E-state index contributed by atoms with van der Waals surface area (Å²) in [6, 6.07) is -1.08. The van der Waals surface area contributed by atoms with Crippen LogP contribution in [0.15, 0.2) is 0 Å². The number of hydrogen-bond acceptors (Lipinski definition) is 5. The van der Waals surface area contributed by atoms with Crippen LogP contribution in [0.25, 0.3) is 0 Å². The minimum Gasteiger partial charge on any atom is -0.459 e. The normalized spacial score (nSPS) is 15.8. The molecule has 11 heteroatoms. The van der Waals surface area contributed by atoms with E-state index < -0.39 is 34.8 Å². The van der Waals surface area contributed by atoms with Gasteiger partial charge in [-0.05, 0) is 58.4 Å². The lowest BCUT2D eigenvalue weighted by atomic mass is 9.95. The molecule has 0 saturated heterocycles. The molecule has 1 aliphatic rings. The molecule has 0 saturated carbocycles. The molecule has 1 amide bonds. The van der Waals surface area contributed by atoms with Gasteiger partial charge in [0.15, 0.2) is 5.69 Å². The van der Waals surface area contributed by atoms with E-state index in [1.165, 1.54) is 25.2 Å². The fourth-order valence-corrected chi connectivity index (χ4v) is 5.09. The summed E-state index contributed by atoms with van der Waals surface area (Å²) < 4.78 is 45.9. The molecular weight excluding hydrogens is 467 g/mol. The summed E-state index contributed by atoms with van der Waals surface area (Å²) in [4.78, 5) is 26.9. The smallest absolute Gasteiger partial charge is 0.436 e. The molecule has 32 heavy (non-hydrogen) atoms. The number of aromatic nitrogens is 2. The van der Waals surface area contributed by atoms with E-state index in [1.54, 1.807) is 6.92 Å². The molecule has 0 spiro atoms. The highest BCUT2D eigenvalue weighted by atomic mass is 35.5. The van der Waals surface area contributed by atoms with Crippen LogP contribution in [0.4, 0.5) is 18.2 Å². The van der Waals surface area contributed by atoms with Crippen LogP contribution in [0.3, 0.4) is 0 Å². The van der Waals surface area contributed by atoms with E-state index in [2.05, 4.69) is 10.4 Å². The summed E-state index contributed by atoms with van der Waals surface area (Å²) in [6.07, 6.45) is -0.924. The molecule has 0 aliphatic heterocycles. The first-order valence-electron chi connectivity index (χ1n) is 10.4. The van der Waals surface area contributed by atoms with E-state index in [0.29, 0.717) is 23.4 Å². The third kappa shape index (κ3) is 4.80. The molecule has 176 valence electrons. The lowest BCUT2D eigenvalue weighted by molar-refractivity contribution is -0.141. The van der Waals surface area contributed by atoms with Gasteiger partial charge < -0.3 is 10.1 Å². The van der Waals surface area contributed by atoms with E-state index in [4.69, 9.17) is 16.3 Å². The molecule has 2 heterocycles. The van der Waals surface area contributed by atoms with Crippen LogP contribution in [0.1, 0.15) is 78.3 Å². The molecule has 0 radical (unpaired) electrons. The molecule has 2 aromatic rings.